The van der Waals surface area contributed by atoms with E-state index in [0.717, 1.165) is 75.3 Å². The number of hydrogen-bond donors (Lipinski definition) is 4. The number of phenols is 2. The number of aliphatic hydroxyl groups is 2. The van der Waals surface area contributed by atoms with Crippen molar-refractivity contribution in [1.29, 1.82) is 0 Å². The van der Waals surface area contributed by atoms with Gasteiger partial charge in [0.1, 0.15) is 11.5 Å². The number of unbranched alkanes of at least 4 members (excludes halogenated alkanes) is 6. The van der Waals surface area contributed by atoms with Crippen molar-refractivity contribution in [2.45, 2.75) is 192 Å². The number of phenolic OH excluding ortho intramolecular Hbond substituents is 2. The molecule has 2 aliphatic carbocycles. The van der Waals surface area contributed by atoms with Crippen LogP contribution in [0.2, 0.25) is 0 Å². The average molecular weight is 637 g/mol. The molecule has 4 N–H and O–H groups in total. The summed E-state index contributed by atoms with van der Waals surface area (Å²) in [5.41, 5.74) is 4.72. The SMILES string of the molecule is CCCCCCC(C)(C)c1ccc([C@@H]2CCC[C@H](O)C2)c(O)c1.CCCCCCC(C)(C)c1ccc([C@H]2CCC[C@@H](O)C2)c(O)c1. The van der Waals surface area contributed by atoms with Crippen LogP contribution in [0.5, 0.6) is 11.5 Å². The first-order valence-corrected chi connectivity index (χ1v) is 18.9. The van der Waals surface area contributed by atoms with E-state index >= 15 is 0 Å². The molecular weight excluding hydrogens is 568 g/mol. The first kappa shape index (κ1) is 38.4. The number of benzene rings is 2. The second-order valence-corrected chi connectivity index (χ2v) is 16.0. The van der Waals surface area contributed by atoms with Crippen molar-refractivity contribution in [3.8, 4) is 11.5 Å². The number of hydrogen-bond acceptors (Lipinski definition) is 4. The Bertz CT molecular complexity index is 1080. The molecule has 0 bridgehead atoms. The van der Waals surface area contributed by atoms with E-state index in [1.807, 2.05) is 12.1 Å². The predicted molar refractivity (Wildman–Crippen MR) is 194 cm³/mol. The summed E-state index contributed by atoms with van der Waals surface area (Å²) in [6.07, 6.45) is 19.8. The largest absolute Gasteiger partial charge is 0.508 e. The van der Waals surface area contributed by atoms with Crippen LogP contribution in [0.4, 0.5) is 0 Å². The molecule has 0 radical (unpaired) electrons. The van der Waals surface area contributed by atoms with Crippen LogP contribution in [0, 0.1) is 0 Å². The number of aromatic hydroxyl groups is 2. The molecular formula is C42H68O4. The molecule has 4 atom stereocenters. The molecule has 4 rings (SSSR count). The minimum atomic E-state index is -0.206. The molecule has 4 nitrogen and oxygen atoms in total. The number of rotatable bonds is 14. The lowest BCUT2D eigenvalue weighted by atomic mass is 9.77. The molecule has 0 aromatic heterocycles. The summed E-state index contributed by atoms with van der Waals surface area (Å²) in [5.74, 6) is 1.45. The highest BCUT2D eigenvalue weighted by Gasteiger charge is 2.28. The van der Waals surface area contributed by atoms with Crippen LogP contribution < -0.4 is 0 Å². The molecule has 2 aliphatic rings. The Morgan fingerprint density at radius 1 is 0.565 bits per heavy atom. The molecule has 4 heteroatoms. The fourth-order valence-corrected chi connectivity index (χ4v) is 7.79. The lowest BCUT2D eigenvalue weighted by Crippen LogP contribution is -2.19. The maximum atomic E-state index is 10.5. The summed E-state index contributed by atoms with van der Waals surface area (Å²) >= 11 is 0. The third-order valence-corrected chi connectivity index (χ3v) is 11.1. The molecule has 46 heavy (non-hydrogen) atoms. The normalized spacial score (nSPS) is 22.3. The summed E-state index contributed by atoms with van der Waals surface area (Å²) in [6.45, 7) is 13.6. The molecule has 0 unspecified atom stereocenters. The van der Waals surface area contributed by atoms with Crippen LogP contribution in [0.15, 0.2) is 36.4 Å². The second-order valence-electron chi connectivity index (χ2n) is 16.0. The zero-order valence-corrected chi connectivity index (χ0v) is 30.3. The molecule has 0 saturated heterocycles. The van der Waals surface area contributed by atoms with Gasteiger partial charge in [0.05, 0.1) is 12.2 Å². The van der Waals surface area contributed by atoms with Gasteiger partial charge in [-0.05, 0) is 108 Å². The van der Waals surface area contributed by atoms with Crippen LogP contribution in [0.25, 0.3) is 0 Å². The zero-order chi connectivity index (χ0) is 33.7. The molecule has 260 valence electrons. The van der Waals surface area contributed by atoms with Crippen molar-refractivity contribution in [1.82, 2.24) is 0 Å². The Morgan fingerprint density at radius 2 is 0.957 bits per heavy atom. The van der Waals surface area contributed by atoms with Crippen LogP contribution in [0.1, 0.15) is 191 Å². The van der Waals surface area contributed by atoms with Gasteiger partial charge in [-0.25, -0.2) is 0 Å². The Kier molecular flexibility index (Phi) is 15.4. The summed E-state index contributed by atoms with van der Waals surface area (Å²) < 4.78 is 0. The van der Waals surface area contributed by atoms with Crippen molar-refractivity contribution >= 4 is 0 Å². The molecule has 0 amide bonds. The van der Waals surface area contributed by atoms with Crippen molar-refractivity contribution in [2.75, 3.05) is 0 Å². The highest BCUT2D eigenvalue weighted by atomic mass is 16.3. The molecule has 2 aromatic rings. The van der Waals surface area contributed by atoms with Gasteiger partial charge in [0, 0.05) is 0 Å². The van der Waals surface area contributed by atoms with Gasteiger partial charge in [-0.2, -0.15) is 0 Å². The topological polar surface area (TPSA) is 80.9 Å². The van der Waals surface area contributed by atoms with Gasteiger partial charge in [0.25, 0.3) is 0 Å². The van der Waals surface area contributed by atoms with Gasteiger partial charge < -0.3 is 20.4 Å². The molecule has 0 spiro atoms. The Hall–Kier alpha value is -2.04. The smallest absolute Gasteiger partial charge is 0.119 e. The van der Waals surface area contributed by atoms with Crippen molar-refractivity contribution in [2.24, 2.45) is 0 Å². The summed E-state index contributed by atoms with van der Waals surface area (Å²) in [7, 11) is 0. The maximum Gasteiger partial charge on any atom is 0.119 e. The third-order valence-electron chi connectivity index (χ3n) is 11.1. The minimum Gasteiger partial charge on any atom is -0.508 e. The van der Waals surface area contributed by atoms with E-state index < -0.39 is 0 Å². The quantitative estimate of drug-likeness (QED) is 0.156. The van der Waals surface area contributed by atoms with Crippen LogP contribution in [-0.2, 0) is 10.8 Å². The Balaban J connectivity index is 0.000000250. The van der Waals surface area contributed by atoms with Gasteiger partial charge >= 0.3 is 0 Å². The second kappa shape index (κ2) is 18.5. The fraction of sp³-hybridized carbons (Fsp3) is 0.714. The third kappa shape index (κ3) is 11.6. The lowest BCUT2D eigenvalue weighted by Gasteiger charge is -2.29. The molecule has 0 aliphatic heterocycles. The van der Waals surface area contributed by atoms with E-state index in [1.54, 1.807) is 0 Å². The van der Waals surface area contributed by atoms with E-state index in [4.69, 9.17) is 0 Å². The first-order chi connectivity index (χ1) is 21.9. The van der Waals surface area contributed by atoms with Crippen LogP contribution in [-0.4, -0.2) is 32.6 Å². The van der Waals surface area contributed by atoms with Gasteiger partial charge in [-0.15, -0.1) is 0 Å². The van der Waals surface area contributed by atoms with Crippen molar-refractivity contribution < 1.29 is 20.4 Å². The Labute approximate surface area is 282 Å². The first-order valence-electron chi connectivity index (χ1n) is 18.9. The van der Waals surface area contributed by atoms with E-state index in [9.17, 15) is 20.4 Å². The van der Waals surface area contributed by atoms with E-state index in [2.05, 4.69) is 65.8 Å². The van der Waals surface area contributed by atoms with Crippen LogP contribution >= 0.6 is 0 Å². The van der Waals surface area contributed by atoms with Gasteiger partial charge in [0.15, 0.2) is 0 Å². The van der Waals surface area contributed by atoms with Gasteiger partial charge in [0.2, 0.25) is 0 Å². The van der Waals surface area contributed by atoms with Gasteiger partial charge in [-0.3, -0.25) is 0 Å². The molecule has 2 fully saturated rings. The average Bonchev–Trinajstić information content (AvgIpc) is 3.01. The Morgan fingerprint density at radius 3 is 1.28 bits per heavy atom. The highest BCUT2D eigenvalue weighted by Crippen LogP contribution is 2.41. The van der Waals surface area contributed by atoms with Crippen molar-refractivity contribution in [3.63, 3.8) is 0 Å². The van der Waals surface area contributed by atoms with Gasteiger partial charge in [-0.1, -0.05) is 130 Å². The maximum absolute atomic E-state index is 10.5. The molecule has 2 aromatic carbocycles. The van der Waals surface area contributed by atoms with Crippen LogP contribution in [0.3, 0.4) is 0 Å². The summed E-state index contributed by atoms with van der Waals surface area (Å²) in [6, 6.07) is 12.5. The standard InChI is InChI=1S/2C21H34O2/c2*1-4-5-6-7-13-21(2,3)17-11-12-19(20(23)15-17)16-9-8-10-18(22)14-16/h2*11-12,15-16,18,22-23H,4-10,13-14H2,1-3H3/t2*16-,18+/m10/s1. The molecule has 0 heterocycles. The van der Waals surface area contributed by atoms with Crippen molar-refractivity contribution in [3.05, 3.63) is 58.7 Å². The van der Waals surface area contributed by atoms with E-state index in [0.29, 0.717) is 23.3 Å². The zero-order valence-electron chi connectivity index (χ0n) is 30.3. The number of aliphatic hydroxyl groups excluding tert-OH is 2. The monoisotopic (exact) mass is 637 g/mol. The highest BCUT2D eigenvalue weighted by molar-refractivity contribution is 5.42. The lowest BCUT2D eigenvalue weighted by molar-refractivity contribution is 0.118. The fourth-order valence-electron chi connectivity index (χ4n) is 7.79. The molecule has 2 saturated carbocycles. The van der Waals surface area contributed by atoms with E-state index in [-0.39, 0.29) is 23.0 Å². The summed E-state index contributed by atoms with van der Waals surface area (Å²) in [4.78, 5) is 0. The summed E-state index contributed by atoms with van der Waals surface area (Å²) in [5, 5.41) is 40.8. The van der Waals surface area contributed by atoms with E-state index in [1.165, 1.54) is 62.5 Å². The predicted octanol–water partition coefficient (Wildman–Crippen LogP) is 11.3. The minimum absolute atomic E-state index is 0.107.